The predicted molar refractivity (Wildman–Crippen MR) is 98.8 cm³/mol. The third-order valence-corrected chi connectivity index (χ3v) is 5.70. The van der Waals surface area contributed by atoms with Gasteiger partial charge in [0.15, 0.2) is 0 Å². The van der Waals surface area contributed by atoms with E-state index in [4.69, 9.17) is 4.74 Å². The number of rotatable bonds is 6. The van der Waals surface area contributed by atoms with Gasteiger partial charge >= 0.3 is 0 Å². The molecular weight excluding hydrogens is 312 g/mol. The van der Waals surface area contributed by atoms with Crippen LogP contribution in [-0.2, 0) is 13.1 Å². The zero-order valence-corrected chi connectivity index (χ0v) is 15.4. The van der Waals surface area contributed by atoms with Crippen molar-refractivity contribution in [3.05, 3.63) is 47.8 Å². The highest BCUT2D eigenvalue weighted by atomic mass is 16.5. The molecule has 2 atom stereocenters. The average Bonchev–Trinajstić information content (AvgIpc) is 3.13. The molecule has 0 amide bonds. The van der Waals surface area contributed by atoms with Gasteiger partial charge in [-0.2, -0.15) is 5.10 Å². The smallest absolute Gasteiger partial charge is 0.123 e. The van der Waals surface area contributed by atoms with E-state index in [0.717, 1.165) is 30.9 Å². The third-order valence-electron chi connectivity index (χ3n) is 5.70. The highest BCUT2D eigenvalue weighted by Crippen LogP contribution is 2.35. The summed E-state index contributed by atoms with van der Waals surface area (Å²) < 4.78 is 7.49. The number of piperidine rings is 1. The van der Waals surface area contributed by atoms with Crippen LogP contribution in [0.4, 0.5) is 0 Å². The van der Waals surface area contributed by atoms with Crippen LogP contribution in [-0.4, -0.2) is 57.9 Å². The van der Waals surface area contributed by atoms with Crippen molar-refractivity contribution in [1.29, 1.82) is 0 Å². The summed E-state index contributed by atoms with van der Waals surface area (Å²) in [6.45, 7) is 8.82. The van der Waals surface area contributed by atoms with E-state index in [0.29, 0.717) is 6.04 Å². The third kappa shape index (κ3) is 3.31. The second-order valence-electron chi connectivity index (χ2n) is 7.61. The van der Waals surface area contributed by atoms with Crippen LogP contribution >= 0.6 is 0 Å². The molecule has 4 rings (SSSR count). The number of likely N-dealkylation sites (tertiary alicyclic amines) is 2. The summed E-state index contributed by atoms with van der Waals surface area (Å²) in [5, 5.41) is 4.32. The lowest BCUT2D eigenvalue weighted by Crippen LogP contribution is -2.68. The van der Waals surface area contributed by atoms with E-state index < -0.39 is 0 Å². The molecule has 5 nitrogen and oxygen atoms in total. The van der Waals surface area contributed by atoms with Crippen molar-refractivity contribution in [3.63, 3.8) is 0 Å². The number of piperazine rings is 1. The van der Waals surface area contributed by atoms with E-state index >= 15 is 0 Å². The molecule has 2 unspecified atom stereocenters. The number of nitrogens with zero attached hydrogens (tertiary/aromatic N) is 4. The monoisotopic (exact) mass is 340 g/mol. The van der Waals surface area contributed by atoms with E-state index in [9.17, 15) is 0 Å². The molecule has 2 aromatic rings. The molecule has 0 radical (unpaired) electrons. The first kappa shape index (κ1) is 16.6. The predicted octanol–water partition coefficient (Wildman–Crippen LogP) is 2.61. The van der Waals surface area contributed by atoms with E-state index in [1.807, 2.05) is 23.1 Å². The summed E-state index contributed by atoms with van der Waals surface area (Å²) in [5.74, 6) is 0.939. The van der Waals surface area contributed by atoms with Crippen molar-refractivity contribution in [3.8, 4) is 5.75 Å². The van der Waals surface area contributed by atoms with Crippen LogP contribution in [0.5, 0.6) is 5.75 Å². The van der Waals surface area contributed by atoms with Gasteiger partial charge in [-0.25, -0.2) is 0 Å². The number of benzene rings is 1. The first-order valence-corrected chi connectivity index (χ1v) is 9.27. The van der Waals surface area contributed by atoms with Crippen molar-refractivity contribution in [2.24, 2.45) is 0 Å². The van der Waals surface area contributed by atoms with E-state index in [2.05, 4.69) is 46.9 Å². The Bertz CT molecular complexity index is 700. The Morgan fingerprint density at radius 1 is 1.20 bits per heavy atom. The molecule has 0 spiro atoms. The Morgan fingerprint density at radius 3 is 2.64 bits per heavy atom. The van der Waals surface area contributed by atoms with Gasteiger partial charge in [0, 0.05) is 55.7 Å². The first-order chi connectivity index (χ1) is 12.1. The lowest BCUT2D eigenvalue weighted by atomic mass is 9.86. The number of fused-ring (bicyclic) bond motifs is 2. The SMILES string of the molecule is COc1ccc(CN2C3CC2CN(C(C)C)C3)cc1Cn1cccn1. The lowest BCUT2D eigenvalue weighted by molar-refractivity contribution is -0.0835. The zero-order chi connectivity index (χ0) is 17.4. The van der Waals surface area contributed by atoms with Crippen LogP contribution in [0.3, 0.4) is 0 Å². The molecule has 25 heavy (non-hydrogen) atoms. The fourth-order valence-corrected chi connectivity index (χ4v) is 4.23. The second kappa shape index (κ2) is 6.81. The molecule has 2 bridgehead atoms. The van der Waals surface area contributed by atoms with E-state index in [-0.39, 0.29) is 0 Å². The minimum atomic E-state index is 0.661. The van der Waals surface area contributed by atoms with Gasteiger partial charge in [-0.3, -0.25) is 14.5 Å². The molecular formula is C20H28N4O. The Morgan fingerprint density at radius 2 is 2.00 bits per heavy atom. The van der Waals surface area contributed by atoms with Crippen molar-refractivity contribution < 1.29 is 4.74 Å². The maximum atomic E-state index is 5.55. The summed E-state index contributed by atoms with van der Waals surface area (Å²) in [7, 11) is 1.74. The summed E-state index contributed by atoms with van der Waals surface area (Å²) in [4.78, 5) is 5.30. The molecule has 0 aliphatic carbocycles. The average molecular weight is 340 g/mol. The van der Waals surface area contributed by atoms with Crippen molar-refractivity contribution in [2.75, 3.05) is 20.2 Å². The highest BCUT2D eigenvalue weighted by Gasteiger charge is 2.44. The maximum Gasteiger partial charge on any atom is 0.123 e. The number of methoxy groups -OCH3 is 1. The molecule has 2 aliphatic rings. The largest absolute Gasteiger partial charge is 0.496 e. The zero-order valence-electron chi connectivity index (χ0n) is 15.4. The fraction of sp³-hybridized carbons (Fsp3) is 0.550. The van der Waals surface area contributed by atoms with E-state index in [1.165, 1.54) is 30.6 Å². The highest BCUT2D eigenvalue weighted by molar-refractivity contribution is 5.37. The van der Waals surface area contributed by atoms with Gasteiger partial charge in [0.2, 0.25) is 0 Å². The molecule has 5 heteroatoms. The molecule has 1 aromatic carbocycles. The van der Waals surface area contributed by atoms with Crippen molar-refractivity contribution in [2.45, 2.75) is 51.5 Å². The summed E-state index contributed by atoms with van der Waals surface area (Å²) in [6, 6.07) is 10.7. The minimum absolute atomic E-state index is 0.661. The Hall–Kier alpha value is -1.85. The second-order valence-corrected chi connectivity index (χ2v) is 7.61. The van der Waals surface area contributed by atoms with Crippen molar-refractivity contribution >= 4 is 0 Å². The van der Waals surface area contributed by atoms with Gasteiger partial charge in [-0.15, -0.1) is 0 Å². The molecule has 134 valence electrons. The normalized spacial score (nSPS) is 23.7. The maximum absolute atomic E-state index is 5.55. The van der Waals surface area contributed by atoms with Gasteiger partial charge in [-0.05, 0) is 44.0 Å². The van der Waals surface area contributed by atoms with Gasteiger partial charge in [-0.1, -0.05) is 6.07 Å². The van der Waals surface area contributed by atoms with Crippen LogP contribution in [0.1, 0.15) is 31.4 Å². The summed E-state index contributed by atoms with van der Waals surface area (Å²) >= 11 is 0. The van der Waals surface area contributed by atoms with E-state index in [1.54, 1.807) is 7.11 Å². The Balaban J connectivity index is 1.47. The topological polar surface area (TPSA) is 33.5 Å². The van der Waals surface area contributed by atoms with Crippen LogP contribution < -0.4 is 4.74 Å². The first-order valence-electron chi connectivity index (χ1n) is 9.27. The van der Waals surface area contributed by atoms with Gasteiger partial charge in [0.25, 0.3) is 0 Å². The molecule has 1 aromatic heterocycles. The fourth-order valence-electron chi connectivity index (χ4n) is 4.23. The Kier molecular flexibility index (Phi) is 4.52. The number of aromatic nitrogens is 2. The van der Waals surface area contributed by atoms with Gasteiger partial charge < -0.3 is 4.74 Å². The molecule has 0 N–H and O–H groups in total. The summed E-state index contributed by atoms with van der Waals surface area (Å²) in [6.07, 6.45) is 5.17. The van der Waals surface area contributed by atoms with Crippen LogP contribution in [0.15, 0.2) is 36.7 Å². The molecule has 2 fully saturated rings. The molecule has 2 saturated heterocycles. The van der Waals surface area contributed by atoms with Crippen molar-refractivity contribution in [1.82, 2.24) is 19.6 Å². The number of hydrogen-bond acceptors (Lipinski definition) is 4. The Labute approximate surface area is 150 Å². The van der Waals surface area contributed by atoms with Gasteiger partial charge in [0.1, 0.15) is 5.75 Å². The summed E-state index contributed by atoms with van der Waals surface area (Å²) in [5.41, 5.74) is 2.56. The molecule has 2 aliphatic heterocycles. The van der Waals surface area contributed by atoms with Crippen LogP contribution in [0, 0.1) is 0 Å². The quantitative estimate of drug-likeness (QED) is 0.809. The molecule has 0 saturated carbocycles. The standard InChI is InChI=1S/C20H28N4O/c1-15(2)22-13-18-10-19(14-22)24(18)11-16-5-6-20(25-3)17(9-16)12-23-8-4-7-21-23/h4-9,15,18-19H,10-14H2,1-3H3. The lowest BCUT2D eigenvalue weighted by Gasteiger charge is -2.57. The van der Waals surface area contributed by atoms with Crippen LogP contribution in [0.2, 0.25) is 0 Å². The van der Waals surface area contributed by atoms with Gasteiger partial charge in [0.05, 0.1) is 13.7 Å². The molecule has 3 heterocycles. The minimum Gasteiger partial charge on any atom is -0.496 e. The van der Waals surface area contributed by atoms with Crippen LogP contribution in [0.25, 0.3) is 0 Å². The number of ether oxygens (including phenoxy) is 1. The number of hydrogen-bond donors (Lipinski definition) is 0.